The third-order valence-corrected chi connectivity index (χ3v) is 4.56. The van der Waals surface area contributed by atoms with Crippen LogP contribution in [0.5, 0.6) is 0 Å². The van der Waals surface area contributed by atoms with E-state index in [-0.39, 0.29) is 0 Å². The van der Waals surface area contributed by atoms with Crippen LogP contribution in [0.25, 0.3) is 0 Å². The maximum Gasteiger partial charge on any atom is 0.0535 e. The normalized spacial score (nSPS) is 20.8. The van der Waals surface area contributed by atoms with E-state index in [1.165, 1.54) is 17.5 Å². The summed E-state index contributed by atoms with van der Waals surface area (Å²) < 4.78 is 0. The number of nitrogens with zero attached hydrogens (tertiary/aromatic N) is 2. The number of hydrogen-bond donors (Lipinski definition) is 2. The zero-order valence-electron chi connectivity index (χ0n) is 12.8. The summed E-state index contributed by atoms with van der Waals surface area (Å²) in [6, 6.07) is 11.8. The second-order valence-electron chi connectivity index (χ2n) is 5.97. The van der Waals surface area contributed by atoms with E-state index in [1.807, 2.05) is 6.20 Å². The molecule has 4 heteroatoms. The molecular weight excluding hydrogens is 260 g/mol. The number of hydrogen-bond acceptors (Lipinski definition) is 3. The maximum atomic E-state index is 4.07. The predicted molar refractivity (Wildman–Crippen MR) is 85.0 cm³/mol. The van der Waals surface area contributed by atoms with Gasteiger partial charge in [0.1, 0.15) is 0 Å². The van der Waals surface area contributed by atoms with Crippen molar-refractivity contribution in [3.8, 4) is 0 Å². The monoisotopic (exact) mass is 284 g/mol. The van der Waals surface area contributed by atoms with Crippen LogP contribution in [0.15, 0.2) is 36.5 Å². The summed E-state index contributed by atoms with van der Waals surface area (Å²) >= 11 is 0. The summed E-state index contributed by atoms with van der Waals surface area (Å²) in [7, 11) is 0. The quantitative estimate of drug-likeness (QED) is 0.887. The number of rotatable bonds is 5. The first-order valence-corrected chi connectivity index (χ1v) is 7.75. The van der Waals surface area contributed by atoms with Gasteiger partial charge >= 0.3 is 0 Å². The SMILES string of the molecule is Cc1[nH]ncc1CN[C@@H]1CCN([C@H](C)c2ccccc2)C1. The van der Waals surface area contributed by atoms with Gasteiger partial charge in [0.15, 0.2) is 0 Å². The van der Waals surface area contributed by atoms with Gasteiger partial charge in [0.05, 0.1) is 6.20 Å². The van der Waals surface area contributed by atoms with E-state index in [4.69, 9.17) is 0 Å². The number of likely N-dealkylation sites (tertiary alicyclic amines) is 1. The summed E-state index contributed by atoms with van der Waals surface area (Å²) in [5.41, 5.74) is 3.84. The Morgan fingerprint density at radius 1 is 1.38 bits per heavy atom. The van der Waals surface area contributed by atoms with Crippen molar-refractivity contribution in [1.29, 1.82) is 0 Å². The molecule has 1 aromatic carbocycles. The molecule has 0 saturated carbocycles. The molecular formula is C17H24N4. The van der Waals surface area contributed by atoms with Gasteiger partial charge in [0.2, 0.25) is 0 Å². The van der Waals surface area contributed by atoms with E-state index in [2.05, 4.69) is 64.6 Å². The van der Waals surface area contributed by atoms with Crippen molar-refractivity contribution in [1.82, 2.24) is 20.4 Å². The van der Waals surface area contributed by atoms with Crippen molar-refractivity contribution in [3.63, 3.8) is 0 Å². The third kappa shape index (κ3) is 3.34. The molecule has 2 atom stereocenters. The van der Waals surface area contributed by atoms with E-state index in [9.17, 15) is 0 Å². The maximum absolute atomic E-state index is 4.07. The molecule has 1 saturated heterocycles. The van der Waals surface area contributed by atoms with Crippen LogP contribution in [-0.2, 0) is 6.54 Å². The molecule has 2 heterocycles. The highest BCUT2D eigenvalue weighted by Crippen LogP contribution is 2.24. The molecule has 112 valence electrons. The topological polar surface area (TPSA) is 44.0 Å². The molecule has 21 heavy (non-hydrogen) atoms. The summed E-state index contributed by atoms with van der Waals surface area (Å²) in [5, 5.41) is 10.7. The third-order valence-electron chi connectivity index (χ3n) is 4.56. The number of aromatic nitrogens is 2. The highest BCUT2D eigenvalue weighted by atomic mass is 15.2. The molecule has 2 N–H and O–H groups in total. The molecule has 1 aromatic heterocycles. The van der Waals surface area contributed by atoms with Gasteiger partial charge < -0.3 is 5.32 Å². The number of aryl methyl sites for hydroxylation is 1. The summed E-state index contributed by atoms with van der Waals surface area (Å²) in [6.07, 6.45) is 3.13. The smallest absolute Gasteiger partial charge is 0.0535 e. The lowest BCUT2D eigenvalue weighted by Crippen LogP contribution is -2.33. The molecule has 0 spiro atoms. The van der Waals surface area contributed by atoms with Crippen LogP contribution in [0.4, 0.5) is 0 Å². The number of nitrogens with one attached hydrogen (secondary N) is 2. The van der Waals surface area contributed by atoms with Crippen LogP contribution in [0, 0.1) is 6.92 Å². The second kappa shape index (κ2) is 6.41. The van der Waals surface area contributed by atoms with Crippen LogP contribution in [-0.4, -0.2) is 34.2 Å². The Balaban J connectivity index is 1.52. The van der Waals surface area contributed by atoms with Gasteiger partial charge in [0.25, 0.3) is 0 Å². The molecule has 0 amide bonds. The highest BCUT2D eigenvalue weighted by Gasteiger charge is 2.26. The van der Waals surface area contributed by atoms with Crippen LogP contribution < -0.4 is 5.32 Å². The van der Waals surface area contributed by atoms with Gasteiger partial charge in [-0.15, -0.1) is 0 Å². The fourth-order valence-corrected chi connectivity index (χ4v) is 3.06. The Hall–Kier alpha value is -1.65. The van der Waals surface area contributed by atoms with Crippen molar-refractivity contribution >= 4 is 0 Å². The van der Waals surface area contributed by atoms with Gasteiger partial charge in [-0.3, -0.25) is 10.00 Å². The van der Waals surface area contributed by atoms with Gasteiger partial charge in [-0.2, -0.15) is 5.10 Å². The lowest BCUT2D eigenvalue weighted by Gasteiger charge is -2.24. The summed E-state index contributed by atoms with van der Waals surface area (Å²) in [4.78, 5) is 2.56. The zero-order valence-corrected chi connectivity index (χ0v) is 12.8. The fraction of sp³-hybridized carbons (Fsp3) is 0.471. The Labute approximate surface area is 126 Å². The number of aromatic amines is 1. The Kier molecular flexibility index (Phi) is 4.36. The van der Waals surface area contributed by atoms with E-state index in [0.717, 1.165) is 25.3 Å². The Morgan fingerprint density at radius 3 is 2.90 bits per heavy atom. The van der Waals surface area contributed by atoms with E-state index in [0.29, 0.717) is 12.1 Å². The number of H-pyrrole nitrogens is 1. The largest absolute Gasteiger partial charge is 0.308 e. The minimum Gasteiger partial charge on any atom is -0.308 e. The lowest BCUT2D eigenvalue weighted by molar-refractivity contribution is 0.255. The highest BCUT2D eigenvalue weighted by molar-refractivity contribution is 5.19. The van der Waals surface area contributed by atoms with Crippen molar-refractivity contribution in [2.24, 2.45) is 0 Å². The molecule has 1 aliphatic heterocycles. The van der Waals surface area contributed by atoms with Crippen molar-refractivity contribution in [2.75, 3.05) is 13.1 Å². The van der Waals surface area contributed by atoms with Crippen molar-refractivity contribution < 1.29 is 0 Å². The van der Waals surface area contributed by atoms with Crippen molar-refractivity contribution in [3.05, 3.63) is 53.3 Å². The average Bonchev–Trinajstić information content (AvgIpc) is 3.14. The van der Waals surface area contributed by atoms with Gasteiger partial charge in [-0.1, -0.05) is 30.3 Å². The fourth-order valence-electron chi connectivity index (χ4n) is 3.06. The summed E-state index contributed by atoms with van der Waals surface area (Å²) in [6.45, 7) is 7.56. The molecule has 1 fully saturated rings. The molecule has 0 unspecified atom stereocenters. The first-order valence-electron chi connectivity index (χ1n) is 7.75. The van der Waals surface area contributed by atoms with Crippen LogP contribution in [0.1, 0.15) is 36.2 Å². The average molecular weight is 284 g/mol. The molecule has 0 radical (unpaired) electrons. The van der Waals surface area contributed by atoms with E-state index < -0.39 is 0 Å². The van der Waals surface area contributed by atoms with E-state index >= 15 is 0 Å². The zero-order chi connectivity index (χ0) is 14.7. The molecule has 3 rings (SSSR count). The number of benzene rings is 1. The van der Waals surface area contributed by atoms with Crippen molar-refractivity contribution in [2.45, 2.75) is 38.9 Å². The molecule has 0 aliphatic carbocycles. The predicted octanol–water partition coefficient (Wildman–Crippen LogP) is 2.64. The lowest BCUT2D eigenvalue weighted by atomic mass is 10.1. The molecule has 0 bridgehead atoms. The minimum absolute atomic E-state index is 0.494. The van der Waals surface area contributed by atoms with Gasteiger partial charge in [-0.05, 0) is 25.8 Å². The molecule has 4 nitrogen and oxygen atoms in total. The molecule has 2 aromatic rings. The minimum atomic E-state index is 0.494. The van der Waals surface area contributed by atoms with Crippen LogP contribution >= 0.6 is 0 Å². The first-order chi connectivity index (χ1) is 10.2. The Morgan fingerprint density at radius 2 is 2.19 bits per heavy atom. The standard InChI is InChI=1S/C17H24N4/c1-13-16(11-19-20-13)10-18-17-8-9-21(12-17)14(2)15-6-4-3-5-7-15/h3-7,11,14,17-18H,8-10,12H2,1-2H3,(H,19,20)/t14-,17-/m1/s1. The van der Waals surface area contributed by atoms with Gasteiger partial charge in [-0.25, -0.2) is 0 Å². The second-order valence-corrected chi connectivity index (χ2v) is 5.97. The van der Waals surface area contributed by atoms with E-state index in [1.54, 1.807) is 0 Å². The summed E-state index contributed by atoms with van der Waals surface area (Å²) in [5.74, 6) is 0. The van der Waals surface area contributed by atoms with Gasteiger partial charge in [0, 0.05) is 43.0 Å². The first kappa shape index (κ1) is 14.3. The molecule has 1 aliphatic rings. The van der Waals surface area contributed by atoms with Crippen LogP contribution in [0.2, 0.25) is 0 Å². The van der Waals surface area contributed by atoms with Crippen LogP contribution in [0.3, 0.4) is 0 Å². The Bertz CT molecular complexity index is 563.